The molecule has 144 valence electrons. The number of hydrogen-bond acceptors (Lipinski definition) is 4. The van der Waals surface area contributed by atoms with Gasteiger partial charge in [0.2, 0.25) is 0 Å². The van der Waals surface area contributed by atoms with Crippen molar-refractivity contribution in [3.8, 4) is 11.5 Å². The molecule has 2 aromatic rings. The number of rotatable bonds is 5. The second-order valence-corrected chi connectivity index (χ2v) is 7.61. The topological polar surface area (TPSA) is 52.9 Å². The van der Waals surface area contributed by atoms with Gasteiger partial charge in [-0.15, -0.1) is 0 Å². The van der Waals surface area contributed by atoms with Crippen LogP contribution in [0.3, 0.4) is 0 Å². The lowest BCUT2D eigenvalue weighted by Crippen LogP contribution is -2.29. The Labute approximate surface area is 157 Å². The highest BCUT2D eigenvalue weighted by atomic mass is 19.1. The highest BCUT2D eigenvalue weighted by Crippen LogP contribution is 2.40. The molecule has 2 N–H and O–H groups in total. The molecule has 0 radical (unpaired) electrons. The molecule has 1 saturated heterocycles. The van der Waals surface area contributed by atoms with Crippen LogP contribution in [0.25, 0.3) is 0 Å². The Morgan fingerprint density at radius 3 is 2.22 bits per heavy atom. The van der Waals surface area contributed by atoms with Gasteiger partial charge in [0.1, 0.15) is 5.75 Å². The quantitative estimate of drug-likeness (QED) is 0.840. The van der Waals surface area contributed by atoms with Crippen molar-refractivity contribution in [3.63, 3.8) is 0 Å². The molecule has 4 rings (SSSR count). The summed E-state index contributed by atoms with van der Waals surface area (Å²) in [6.07, 6.45) is 1.18. The minimum Gasteiger partial charge on any atom is -0.503 e. The van der Waals surface area contributed by atoms with Gasteiger partial charge in [-0.1, -0.05) is 18.2 Å². The van der Waals surface area contributed by atoms with E-state index in [0.717, 1.165) is 43.8 Å². The molecule has 2 aliphatic rings. The van der Waals surface area contributed by atoms with Gasteiger partial charge in [0.25, 0.3) is 0 Å². The molecule has 2 fully saturated rings. The Balaban J connectivity index is 1.31. The fourth-order valence-electron chi connectivity index (χ4n) is 4.41. The van der Waals surface area contributed by atoms with Crippen molar-refractivity contribution in [2.24, 2.45) is 11.8 Å². The van der Waals surface area contributed by atoms with E-state index in [2.05, 4.69) is 4.90 Å². The molecule has 1 heterocycles. The maximum Gasteiger partial charge on any atom is 0.187 e. The largest absolute Gasteiger partial charge is 0.503 e. The van der Waals surface area contributed by atoms with E-state index < -0.39 is 23.5 Å². The maximum absolute atomic E-state index is 13.5. The Morgan fingerprint density at radius 2 is 1.63 bits per heavy atom. The second-order valence-electron chi connectivity index (χ2n) is 7.61. The summed E-state index contributed by atoms with van der Waals surface area (Å²) in [4.78, 5) is 2.14. The van der Waals surface area contributed by atoms with Crippen LogP contribution in [-0.4, -0.2) is 40.9 Å². The van der Waals surface area contributed by atoms with Crippen molar-refractivity contribution in [1.82, 2.24) is 4.90 Å². The molecule has 0 aromatic heterocycles. The number of aliphatic hydroxyl groups excluding tert-OH is 1. The number of phenols is 1. The Bertz CT molecular complexity index is 764. The maximum atomic E-state index is 13.5. The molecule has 6 heteroatoms. The van der Waals surface area contributed by atoms with Gasteiger partial charge in [0, 0.05) is 19.6 Å². The van der Waals surface area contributed by atoms with Gasteiger partial charge < -0.3 is 14.9 Å². The van der Waals surface area contributed by atoms with Gasteiger partial charge >= 0.3 is 0 Å². The molecule has 4 atom stereocenters. The third-order valence-corrected chi connectivity index (χ3v) is 5.68. The summed E-state index contributed by atoms with van der Waals surface area (Å²) in [6.45, 7) is 2.01. The lowest BCUT2D eigenvalue weighted by atomic mass is 10.0. The fourth-order valence-corrected chi connectivity index (χ4v) is 4.41. The number of ether oxygens (including phenoxy) is 1. The summed E-state index contributed by atoms with van der Waals surface area (Å²) in [5.74, 6) is -1.19. The molecule has 27 heavy (non-hydrogen) atoms. The fraction of sp³-hybridized carbons (Fsp3) is 0.429. The molecule has 1 aliphatic carbocycles. The van der Waals surface area contributed by atoms with E-state index in [4.69, 9.17) is 4.74 Å². The van der Waals surface area contributed by atoms with Crippen LogP contribution in [0.15, 0.2) is 42.5 Å². The minimum atomic E-state index is -1.05. The van der Waals surface area contributed by atoms with Crippen LogP contribution in [0.5, 0.6) is 11.5 Å². The van der Waals surface area contributed by atoms with Crippen LogP contribution in [0.4, 0.5) is 8.78 Å². The summed E-state index contributed by atoms with van der Waals surface area (Å²) < 4.78 is 33.1. The Hall–Kier alpha value is -2.18. The van der Waals surface area contributed by atoms with Crippen molar-refractivity contribution in [1.29, 1.82) is 0 Å². The van der Waals surface area contributed by atoms with Gasteiger partial charge in [-0.2, -0.15) is 0 Å². The summed E-state index contributed by atoms with van der Waals surface area (Å²) in [5, 5.41) is 19.5. The minimum absolute atomic E-state index is 0.144. The molecular weight excluding hydrogens is 352 g/mol. The van der Waals surface area contributed by atoms with E-state index in [-0.39, 0.29) is 11.7 Å². The Morgan fingerprint density at radius 1 is 1.04 bits per heavy atom. The van der Waals surface area contributed by atoms with E-state index in [0.29, 0.717) is 18.4 Å². The molecule has 0 spiro atoms. The van der Waals surface area contributed by atoms with Crippen molar-refractivity contribution in [2.75, 3.05) is 19.6 Å². The number of para-hydroxylation sites is 1. The third-order valence-electron chi connectivity index (χ3n) is 5.68. The number of β-amino-alcohol motifs (C(OH)–C–C–N with tert-alkyl or cyclic N) is 1. The molecule has 0 bridgehead atoms. The van der Waals surface area contributed by atoms with Crippen molar-refractivity contribution >= 4 is 0 Å². The van der Waals surface area contributed by atoms with Crippen molar-refractivity contribution in [3.05, 3.63) is 59.7 Å². The number of benzene rings is 2. The number of hydrogen-bond donors (Lipinski definition) is 2. The molecule has 1 saturated carbocycles. The normalized spacial score (nSPS) is 26.1. The zero-order chi connectivity index (χ0) is 19.0. The average Bonchev–Trinajstić information content (AvgIpc) is 3.17. The van der Waals surface area contributed by atoms with Crippen molar-refractivity contribution in [2.45, 2.75) is 25.0 Å². The van der Waals surface area contributed by atoms with Crippen LogP contribution in [0.1, 0.15) is 24.5 Å². The first-order valence-electron chi connectivity index (χ1n) is 9.29. The predicted molar refractivity (Wildman–Crippen MR) is 96.5 cm³/mol. The predicted octanol–water partition coefficient (Wildman–Crippen LogP) is 3.49. The van der Waals surface area contributed by atoms with Crippen LogP contribution >= 0.6 is 0 Å². The standard InChI is InChI=1S/C21H23F2NO3/c22-18-8-13(9-19(23)21(18)26)20(25)12-24-10-14-6-17(7-15(14)11-24)27-16-4-2-1-3-5-16/h1-5,8-9,14-15,17,20,25-26H,6-7,10-12H2/t14-,15+,17?,20?. The van der Waals surface area contributed by atoms with Gasteiger partial charge in [-0.25, -0.2) is 8.78 Å². The first-order chi connectivity index (χ1) is 13.0. The van der Waals surface area contributed by atoms with Crippen molar-refractivity contribution < 1.29 is 23.7 Å². The zero-order valence-electron chi connectivity index (χ0n) is 14.9. The number of phenolic OH excluding ortho intramolecular Hbond substituents is 1. The first-order valence-corrected chi connectivity index (χ1v) is 9.29. The van der Waals surface area contributed by atoms with E-state index in [9.17, 15) is 19.0 Å². The summed E-state index contributed by atoms with van der Waals surface area (Å²) in [7, 11) is 0. The molecule has 4 nitrogen and oxygen atoms in total. The van der Waals surface area contributed by atoms with E-state index >= 15 is 0 Å². The van der Waals surface area contributed by atoms with Gasteiger partial charge in [-0.3, -0.25) is 4.90 Å². The number of aromatic hydroxyl groups is 1. The average molecular weight is 375 g/mol. The van der Waals surface area contributed by atoms with Crippen LogP contribution < -0.4 is 4.74 Å². The highest BCUT2D eigenvalue weighted by Gasteiger charge is 2.42. The monoisotopic (exact) mass is 375 g/mol. The van der Waals surface area contributed by atoms with E-state index in [1.165, 1.54) is 0 Å². The summed E-state index contributed by atoms with van der Waals surface area (Å²) in [5.41, 5.74) is 0.144. The van der Waals surface area contributed by atoms with Crippen LogP contribution in [0.2, 0.25) is 0 Å². The zero-order valence-corrected chi connectivity index (χ0v) is 14.9. The highest BCUT2D eigenvalue weighted by molar-refractivity contribution is 5.31. The molecule has 0 amide bonds. The Kier molecular flexibility index (Phi) is 5.02. The second kappa shape index (κ2) is 7.44. The number of aliphatic hydroxyl groups is 1. The lowest BCUT2D eigenvalue weighted by molar-refractivity contribution is 0.115. The number of nitrogens with zero attached hydrogens (tertiary/aromatic N) is 1. The number of halogens is 2. The van der Waals surface area contributed by atoms with Gasteiger partial charge in [-0.05, 0) is 54.5 Å². The van der Waals surface area contributed by atoms with Gasteiger partial charge in [0.15, 0.2) is 17.4 Å². The molecule has 2 aromatic carbocycles. The van der Waals surface area contributed by atoms with Crippen LogP contribution in [-0.2, 0) is 0 Å². The van der Waals surface area contributed by atoms with E-state index in [1.54, 1.807) is 0 Å². The molecule has 1 aliphatic heterocycles. The van der Waals surface area contributed by atoms with Crippen LogP contribution in [0, 0.1) is 23.5 Å². The summed E-state index contributed by atoms with van der Waals surface area (Å²) in [6, 6.07) is 11.8. The molecular formula is C21H23F2NO3. The summed E-state index contributed by atoms with van der Waals surface area (Å²) >= 11 is 0. The lowest BCUT2D eigenvalue weighted by Gasteiger charge is -2.22. The van der Waals surface area contributed by atoms with Gasteiger partial charge in [0.05, 0.1) is 12.2 Å². The third kappa shape index (κ3) is 3.92. The van der Waals surface area contributed by atoms with E-state index in [1.807, 2.05) is 30.3 Å². The number of fused-ring (bicyclic) bond motifs is 1. The molecule has 2 unspecified atom stereocenters. The SMILES string of the molecule is Oc1c(F)cc(C(O)CN2C[C@H]3CC(Oc4ccccc4)C[C@H]3C2)cc1F. The smallest absolute Gasteiger partial charge is 0.187 e. The number of likely N-dealkylation sites (tertiary alicyclic amines) is 1. The first kappa shape index (κ1) is 18.2.